The van der Waals surface area contributed by atoms with Gasteiger partial charge < -0.3 is 15.7 Å². The Kier molecular flexibility index (Phi) is 7.08. The minimum absolute atomic E-state index is 0.401. The van der Waals surface area contributed by atoms with Crippen molar-refractivity contribution in [1.82, 2.24) is 5.32 Å². The van der Waals surface area contributed by atoms with Gasteiger partial charge in [-0.2, -0.15) is 11.8 Å². The fourth-order valence-corrected chi connectivity index (χ4v) is 2.47. The first kappa shape index (κ1) is 17.4. The second-order valence-electron chi connectivity index (χ2n) is 4.73. The molecular formula is C15H22N2O3S. The van der Waals surface area contributed by atoms with Crippen LogP contribution in [0.2, 0.25) is 0 Å². The van der Waals surface area contributed by atoms with E-state index in [0.29, 0.717) is 12.2 Å². The molecule has 0 aliphatic carbocycles. The van der Waals surface area contributed by atoms with E-state index in [1.54, 1.807) is 11.8 Å². The fourth-order valence-electron chi connectivity index (χ4n) is 2.00. The van der Waals surface area contributed by atoms with Gasteiger partial charge in [-0.1, -0.05) is 25.1 Å². The van der Waals surface area contributed by atoms with Gasteiger partial charge in [-0.15, -0.1) is 0 Å². The molecule has 1 rings (SSSR count). The van der Waals surface area contributed by atoms with Gasteiger partial charge in [0.05, 0.1) is 0 Å². The second kappa shape index (κ2) is 8.56. The number of rotatable bonds is 7. The summed E-state index contributed by atoms with van der Waals surface area (Å²) in [4.78, 5) is 23.2. The van der Waals surface area contributed by atoms with E-state index in [4.69, 9.17) is 5.11 Å². The average Bonchev–Trinajstić information content (AvgIpc) is 2.45. The molecule has 0 saturated carbocycles. The van der Waals surface area contributed by atoms with Gasteiger partial charge in [-0.05, 0) is 42.9 Å². The Balaban J connectivity index is 2.74. The van der Waals surface area contributed by atoms with E-state index in [1.807, 2.05) is 38.3 Å². The molecule has 0 fully saturated rings. The number of carboxylic acid groups (broad SMARTS) is 1. The lowest BCUT2D eigenvalue weighted by atomic mass is 10.1. The number of aliphatic carboxylic acids is 1. The molecule has 5 nitrogen and oxygen atoms in total. The van der Waals surface area contributed by atoms with Crippen molar-refractivity contribution in [1.29, 1.82) is 0 Å². The Morgan fingerprint density at radius 2 is 2.10 bits per heavy atom. The van der Waals surface area contributed by atoms with Gasteiger partial charge in [0.1, 0.15) is 6.04 Å². The number of benzene rings is 1. The first-order valence-corrected chi connectivity index (χ1v) is 8.26. The van der Waals surface area contributed by atoms with Crippen LogP contribution in [-0.4, -0.2) is 35.2 Å². The molecule has 0 radical (unpaired) electrons. The molecule has 2 amide bonds. The molecule has 3 N–H and O–H groups in total. The van der Waals surface area contributed by atoms with Gasteiger partial charge in [0.15, 0.2) is 0 Å². The van der Waals surface area contributed by atoms with Crippen LogP contribution in [0.1, 0.15) is 24.5 Å². The van der Waals surface area contributed by atoms with Gasteiger partial charge in [-0.3, -0.25) is 0 Å². The Hall–Kier alpha value is -1.69. The maximum absolute atomic E-state index is 12.0. The highest BCUT2D eigenvalue weighted by atomic mass is 32.2. The molecular weight excluding hydrogens is 288 g/mol. The van der Waals surface area contributed by atoms with E-state index in [0.717, 1.165) is 23.2 Å². The first-order chi connectivity index (χ1) is 9.99. The zero-order chi connectivity index (χ0) is 15.8. The molecule has 0 saturated heterocycles. The number of carbonyl (C=O) groups excluding carboxylic acids is 1. The summed E-state index contributed by atoms with van der Waals surface area (Å²) in [6, 6.07) is 4.46. The topological polar surface area (TPSA) is 78.4 Å². The Bertz CT molecular complexity index is 506. The maximum atomic E-state index is 12.0. The normalized spacial score (nSPS) is 11.8. The summed E-state index contributed by atoms with van der Waals surface area (Å²) in [6.45, 7) is 3.92. The minimum atomic E-state index is -1.01. The maximum Gasteiger partial charge on any atom is 0.326 e. The minimum Gasteiger partial charge on any atom is -0.480 e. The van der Waals surface area contributed by atoms with Crippen molar-refractivity contribution < 1.29 is 14.7 Å². The SMILES string of the molecule is CCc1cccc(C)c1NC(=O)N[C@H](CCSC)C(=O)O. The molecule has 0 spiro atoms. The first-order valence-electron chi connectivity index (χ1n) is 6.87. The van der Waals surface area contributed by atoms with Crippen LogP contribution in [0.25, 0.3) is 0 Å². The van der Waals surface area contributed by atoms with Crippen LogP contribution in [0.4, 0.5) is 10.5 Å². The number of nitrogens with one attached hydrogen (secondary N) is 2. The molecule has 0 aliphatic rings. The molecule has 6 heteroatoms. The highest BCUT2D eigenvalue weighted by Crippen LogP contribution is 2.20. The molecule has 0 unspecified atom stereocenters. The molecule has 0 heterocycles. The third-order valence-electron chi connectivity index (χ3n) is 3.19. The smallest absolute Gasteiger partial charge is 0.326 e. The number of amides is 2. The van der Waals surface area contributed by atoms with Crippen LogP contribution in [-0.2, 0) is 11.2 Å². The number of carboxylic acids is 1. The predicted molar refractivity (Wildman–Crippen MR) is 87.1 cm³/mol. The largest absolute Gasteiger partial charge is 0.480 e. The van der Waals surface area contributed by atoms with Crippen LogP contribution < -0.4 is 10.6 Å². The van der Waals surface area contributed by atoms with Crippen molar-refractivity contribution in [2.24, 2.45) is 0 Å². The quantitative estimate of drug-likeness (QED) is 0.723. The zero-order valence-electron chi connectivity index (χ0n) is 12.6. The highest BCUT2D eigenvalue weighted by molar-refractivity contribution is 7.98. The number of para-hydroxylation sites is 1. The number of hydrogen-bond acceptors (Lipinski definition) is 3. The third-order valence-corrected chi connectivity index (χ3v) is 3.84. The van der Waals surface area contributed by atoms with Crippen molar-refractivity contribution in [2.75, 3.05) is 17.3 Å². The van der Waals surface area contributed by atoms with E-state index >= 15 is 0 Å². The highest BCUT2D eigenvalue weighted by Gasteiger charge is 2.20. The van der Waals surface area contributed by atoms with E-state index in [2.05, 4.69) is 10.6 Å². The number of thioether (sulfide) groups is 1. The summed E-state index contributed by atoms with van der Waals surface area (Å²) in [5, 5.41) is 14.4. The van der Waals surface area contributed by atoms with Crippen molar-refractivity contribution in [3.8, 4) is 0 Å². The van der Waals surface area contributed by atoms with E-state index < -0.39 is 18.0 Å². The van der Waals surface area contributed by atoms with E-state index in [1.165, 1.54) is 0 Å². The molecule has 0 aromatic heterocycles. The summed E-state index contributed by atoms with van der Waals surface area (Å²) in [7, 11) is 0. The summed E-state index contributed by atoms with van der Waals surface area (Å²) < 4.78 is 0. The Morgan fingerprint density at radius 3 is 2.67 bits per heavy atom. The van der Waals surface area contributed by atoms with Gasteiger partial charge in [0.25, 0.3) is 0 Å². The molecule has 21 heavy (non-hydrogen) atoms. The third kappa shape index (κ3) is 5.30. The lowest BCUT2D eigenvalue weighted by Gasteiger charge is -2.17. The van der Waals surface area contributed by atoms with Crippen LogP contribution in [0.15, 0.2) is 18.2 Å². The Labute approximate surface area is 129 Å². The number of anilines is 1. The van der Waals surface area contributed by atoms with Crippen LogP contribution in [0.5, 0.6) is 0 Å². The Morgan fingerprint density at radius 1 is 1.38 bits per heavy atom. The summed E-state index contributed by atoms with van der Waals surface area (Å²) >= 11 is 1.55. The van der Waals surface area contributed by atoms with Gasteiger partial charge in [0, 0.05) is 5.69 Å². The zero-order valence-corrected chi connectivity index (χ0v) is 13.4. The van der Waals surface area contributed by atoms with Crippen LogP contribution in [0, 0.1) is 6.92 Å². The fraction of sp³-hybridized carbons (Fsp3) is 0.467. The lowest BCUT2D eigenvalue weighted by molar-refractivity contribution is -0.139. The molecule has 116 valence electrons. The van der Waals surface area contributed by atoms with Gasteiger partial charge in [0.2, 0.25) is 0 Å². The van der Waals surface area contributed by atoms with Crippen molar-refractivity contribution >= 4 is 29.4 Å². The van der Waals surface area contributed by atoms with Crippen molar-refractivity contribution in [2.45, 2.75) is 32.7 Å². The number of urea groups is 1. The molecule has 1 atom stereocenters. The average molecular weight is 310 g/mol. The monoisotopic (exact) mass is 310 g/mol. The van der Waals surface area contributed by atoms with E-state index in [9.17, 15) is 9.59 Å². The molecule has 0 aliphatic heterocycles. The summed E-state index contributed by atoms with van der Waals surface area (Å²) in [6.07, 6.45) is 3.10. The molecule has 0 bridgehead atoms. The molecule has 1 aromatic rings. The van der Waals surface area contributed by atoms with E-state index in [-0.39, 0.29) is 0 Å². The second-order valence-corrected chi connectivity index (χ2v) is 5.72. The van der Waals surface area contributed by atoms with Crippen molar-refractivity contribution in [3.63, 3.8) is 0 Å². The van der Waals surface area contributed by atoms with Crippen molar-refractivity contribution in [3.05, 3.63) is 29.3 Å². The standard InChI is InChI=1S/C15H22N2O3S/c1-4-11-7-5-6-10(2)13(11)17-15(20)16-12(14(18)19)8-9-21-3/h5-7,12H,4,8-9H2,1-3H3,(H,18,19)(H2,16,17,20)/t12-/m1/s1. The summed E-state index contributed by atoms with van der Waals surface area (Å²) in [5.41, 5.74) is 2.74. The van der Waals surface area contributed by atoms with Crippen LogP contribution in [0.3, 0.4) is 0 Å². The lowest BCUT2D eigenvalue weighted by Crippen LogP contribution is -2.43. The number of hydrogen-bond donors (Lipinski definition) is 3. The number of carbonyl (C=O) groups is 2. The van der Waals surface area contributed by atoms with Crippen LogP contribution >= 0.6 is 11.8 Å². The molecule has 1 aromatic carbocycles. The predicted octanol–water partition coefficient (Wildman–Crippen LogP) is 2.89. The van der Waals surface area contributed by atoms with Gasteiger partial charge in [-0.25, -0.2) is 9.59 Å². The number of aryl methyl sites for hydroxylation is 2. The summed E-state index contributed by atoms with van der Waals surface area (Å²) in [5.74, 6) is -0.332. The van der Waals surface area contributed by atoms with Gasteiger partial charge >= 0.3 is 12.0 Å².